The largest absolute Gasteiger partial charge is 0.480 e. The van der Waals surface area contributed by atoms with Crippen LogP contribution < -0.4 is 5.69 Å². The number of amides is 1. The van der Waals surface area contributed by atoms with E-state index in [1.54, 1.807) is 7.05 Å². The van der Waals surface area contributed by atoms with Crippen LogP contribution in [0, 0.1) is 5.92 Å². The SMILES string of the molecule is Cn1cnn(CC(=O)N2C(C(=O)O)CC3CCCCC32)c1=O. The zero-order chi connectivity index (χ0) is 15.9. The smallest absolute Gasteiger partial charge is 0.345 e. The lowest BCUT2D eigenvalue weighted by molar-refractivity contribution is -0.150. The molecule has 1 aliphatic heterocycles. The number of fused-ring (bicyclic) bond motifs is 1. The highest BCUT2D eigenvalue weighted by molar-refractivity contribution is 5.84. The summed E-state index contributed by atoms with van der Waals surface area (Å²) < 4.78 is 2.37. The molecule has 1 saturated carbocycles. The number of carboxylic acids is 1. The van der Waals surface area contributed by atoms with E-state index in [9.17, 15) is 19.5 Å². The van der Waals surface area contributed by atoms with E-state index < -0.39 is 12.0 Å². The number of rotatable bonds is 3. The molecule has 22 heavy (non-hydrogen) atoms. The molecular weight excluding hydrogens is 288 g/mol. The molecule has 3 unspecified atom stereocenters. The lowest BCUT2D eigenvalue weighted by atomic mass is 9.85. The van der Waals surface area contributed by atoms with Crippen molar-refractivity contribution in [3.05, 3.63) is 16.8 Å². The normalized spacial score (nSPS) is 27.7. The molecule has 2 heterocycles. The maximum atomic E-state index is 12.6. The van der Waals surface area contributed by atoms with Crippen LogP contribution in [-0.4, -0.2) is 48.3 Å². The molecule has 1 N–H and O–H groups in total. The number of hydrogen-bond donors (Lipinski definition) is 1. The Morgan fingerprint density at radius 2 is 2.09 bits per heavy atom. The molecule has 1 aromatic heterocycles. The fourth-order valence-electron chi connectivity index (χ4n) is 3.78. The average molecular weight is 308 g/mol. The van der Waals surface area contributed by atoms with Gasteiger partial charge < -0.3 is 10.0 Å². The first-order chi connectivity index (χ1) is 10.5. The minimum absolute atomic E-state index is 0.0123. The molecule has 1 aliphatic carbocycles. The van der Waals surface area contributed by atoms with Gasteiger partial charge in [0.1, 0.15) is 18.9 Å². The summed E-state index contributed by atoms with van der Waals surface area (Å²) in [6, 6.07) is -0.790. The van der Waals surface area contributed by atoms with Crippen molar-refractivity contribution in [3.8, 4) is 0 Å². The van der Waals surface area contributed by atoms with Gasteiger partial charge in [0.2, 0.25) is 5.91 Å². The van der Waals surface area contributed by atoms with Crippen LogP contribution in [0.1, 0.15) is 32.1 Å². The molecule has 2 aliphatic rings. The molecule has 0 spiro atoms. The number of likely N-dealkylation sites (tertiary alicyclic amines) is 1. The Morgan fingerprint density at radius 3 is 2.73 bits per heavy atom. The first kappa shape index (κ1) is 14.8. The van der Waals surface area contributed by atoms with Crippen LogP contribution >= 0.6 is 0 Å². The molecule has 0 bridgehead atoms. The maximum absolute atomic E-state index is 12.6. The third kappa shape index (κ3) is 2.42. The van der Waals surface area contributed by atoms with E-state index in [2.05, 4.69) is 5.10 Å². The Morgan fingerprint density at radius 1 is 1.36 bits per heavy atom. The van der Waals surface area contributed by atoms with Crippen molar-refractivity contribution >= 4 is 11.9 Å². The Balaban J connectivity index is 1.83. The standard InChI is InChI=1S/C14H20N4O4/c1-16-8-15-17(14(16)22)7-12(19)18-10-5-3-2-4-9(10)6-11(18)13(20)21/h8-11H,2-7H2,1H3,(H,20,21). The second-order valence-electron chi connectivity index (χ2n) is 6.18. The van der Waals surface area contributed by atoms with Crippen LogP contribution in [0.2, 0.25) is 0 Å². The van der Waals surface area contributed by atoms with Gasteiger partial charge in [-0.1, -0.05) is 12.8 Å². The fourth-order valence-corrected chi connectivity index (χ4v) is 3.78. The summed E-state index contributed by atoms with van der Waals surface area (Å²) in [5.41, 5.74) is -0.375. The lowest BCUT2D eigenvalue weighted by Gasteiger charge is -2.32. The summed E-state index contributed by atoms with van der Waals surface area (Å²) in [4.78, 5) is 37.4. The molecule has 2 fully saturated rings. The number of hydrogen-bond acceptors (Lipinski definition) is 4. The Kier molecular flexibility index (Phi) is 3.76. The number of aromatic nitrogens is 3. The Labute approximate surface area is 127 Å². The summed E-state index contributed by atoms with van der Waals surface area (Å²) in [5.74, 6) is -1.03. The van der Waals surface area contributed by atoms with Crippen molar-refractivity contribution in [2.24, 2.45) is 13.0 Å². The Hall–Kier alpha value is -2.12. The first-order valence-corrected chi connectivity index (χ1v) is 7.61. The quantitative estimate of drug-likeness (QED) is 0.836. The van der Waals surface area contributed by atoms with Crippen molar-refractivity contribution in [1.82, 2.24) is 19.2 Å². The molecule has 1 amide bonds. The minimum atomic E-state index is -0.962. The van der Waals surface area contributed by atoms with E-state index >= 15 is 0 Å². The number of aliphatic carboxylic acids is 1. The van der Waals surface area contributed by atoms with Gasteiger partial charge in [-0.15, -0.1) is 0 Å². The van der Waals surface area contributed by atoms with Crippen LogP contribution in [0.3, 0.4) is 0 Å². The van der Waals surface area contributed by atoms with E-state index in [1.165, 1.54) is 15.8 Å². The second-order valence-corrected chi connectivity index (χ2v) is 6.18. The van der Waals surface area contributed by atoms with E-state index in [0.717, 1.165) is 30.4 Å². The number of nitrogens with zero attached hydrogens (tertiary/aromatic N) is 4. The van der Waals surface area contributed by atoms with Crippen molar-refractivity contribution in [2.45, 2.75) is 50.7 Å². The zero-order valence-electron chi connectivity index (χ0n) is 12.5. The minimum Gasteiger partial charge on any atom is -0.480 e. The van der Waals surface area contributed by atoms with Gasteiger partial charge in [0.05, 0.1) is 0 Å². The van der Waals surface area contributed by atoms with E-state index in [-0.39, 0.29) is 30.1 Å². The summed E-state index contributed by atoms with van der Waals surface area (Å²) >= 11 is 0. The summed E-state index contributed by atoms with van der Waals surface area (Å²) in [7, 11) is 1.56. The van der Waals surface area contributed by atoms with Gasteiger partial charge in [-0.3, -0.25) is 9.36 Å². The predicted octanol–water partition coefficient (Wildman–Crippen LogP) is -0.174. The number of aryl methyl sites for hydroxylation is 1. The van der Waals surface area contributed by atoms with Gasteiger partial charge in [0, 0.05) is 13.1 Å². The fraction of sp³-hybridized carbons (Fsp3) is 0.714. The van der Waals surface area contributed by atoms with Crippen molar-refractivity contribution in [3.63, 3.8) is 0 Å². The van der Waals surface area contributed by atoms with Gasteiger partial charge in [-0.25, -0.2) is 14.3 Å². The van der Waals surface area contributed by atoms with Crippen molar-refractivity contribution < 1.29 is 14.7 Å². The summed E-state index contributed by atoms with van der Waals surface area (Å²) in [6.45, 7) is -0.202. The topological polar surface area (TPSA) is 97.4 Å². The number of carbonyl (C=O) groups excluding carboxylic acids is 1. The van der Waals surface area contributed by atoms with Crippen LogP contribution in [0.15, 0.2) is 11.1 Å². The van der Waals surface area contributed by atoms with Crippen LogP contribution in [0.25, 0.3) is 0 Å². The molecule has 0 radical (unpaired) electrons. The molecule has 8 heteroatoms. The van der Waals surface area contributed by atoms with E-state index in [0.29, 0.717) is 6.42 Å². The van der Waals surface area contributed by atoms with Gasteiger partial charge in [-0.05, 0) is 25.2 Å². The van der Waals surface area contributed by atoms with Crippen molar-refractivity contribution in [1.29, 1.82) is 0 Å². The highest BCUT2D eigenvalue weighted by atomic mass is 16.4. The maximum Gasteiger partial charge on any atom is 0.345 e. The predicted molar refractivity (Wildman–Crippen MR) is 76.1 cm³/mol. The molecule has 1 saturated heterocycles. The molecule has 3 atom stereocenters. The third-order valence-electron chi connectivity index (χ3n) is 4.83. The van der Waals surface area contributed by atoms with Crippen molar-refractivity contribution in [2.75, 3.05) is 0 Å². The molecule has 0 aromatic carbocycles. The monoisotopic (exact) mass is 308 g/mol. The lowest BCUT2D eigenvalue weighted by Crippen LogP contribution is -2.48. The van der Waals surface area contributed by atoms with E-state index in [1.807, 2.05) is 0 Å². The average Bonchev–Trinajstić information content (AvgIpc) is 3.02. The van der Waals surface area contributed by atoms with Gasteiger partial charge in [-0.2, -0.15) is 5.10 Å². The van der Waals surface area contributed by atoms with Crippen LogP contribution in [0.4, 0.5) is 0 Å². The molecule has 120 valence electrons. The highest BCUT2D eigenvalue weighted by Gasteiger charge is 2.47. The molecule has 3 rings (SSSR count). The zero-order valence-corrected chi connectivity index (χ0v) is 12.5. The number of carbonyl (C=O) groups is 2. The van der Waals surface area contributed by atoms with Gasteiger partial charge in [0.15, 0.2) is 0 Å². The second kappa shape index (κ2) is 5.58. The first-order valence-electron chi connectivity index (χ1n) is 7.61. The van der Waals surface area contributed by atoms with E-state index in [4.69, 9.17) is 0 Å². The number of carboxylic acid groups (broad SMARTS) is 1. The third-order valence-corrected chi connectivity index (χ3v) is 4.83. The molecular formula is C14H20N4O4. The van der Waals surface area contributed by atoms with Gasteiger partial charge in [0.25, 0.3) is 0 Å². The highest BCUT2D eigenvalue weighted by Crippen LogP contribution is 2.39. The van der Waals surface area contributed by atoms with Crippen LogP contribution in [0.5, 0.6) is 0 Å². The molecule has 8 nitrogen and oxygen atoms in total. The van der Waals surface area contributed by atoms with Gasteiger partial charge >= 0.3 is 11.7 Å². The summed E-state index contributed by atoms with van der Waals surface area (Å²) in [6.07, 6.45) is 5.79. The van der Waals surface area contributed by atoms with Crippen LogP contribution in [-0.2, 0) is 23.2 Å². The molecule has 1 aromatic rings. The Bertz CT molecular complexity index is 650. The summed E-state index contributed by atoms with van der Waals surface area (Å²) in [5, 5.41) is 13.3.